The maximum Gasteiger partial charge on any atom is -0.0243 e. The first kappa shape index (κ1) is 17.4. The lowest BCUT2D eigenvalue weighted by molar-refractivity contribution is -0.179. The molecule has 4 aliphatic rings. The first-order valence-electron chi connectivity index (χ1n) is 11.2. The van der Waals surface area contributed by atoms with Crippen molar-refractivity contribution in [1.29, 1.82) is 0 Å². The van der Waals surface area contributed by atoms with Crippen molar-refractivity contribution in [2.75, 3.05) is 0 Å². The molecule has 4 fully saturated rings. The fraction of sp³-hybridized carbons (Fsp3) is 1.00. The Morgan fingerprint density at radius 2 is 1.38 bits per heavy atom. The minimum absolute atomic E-state index is 0.625. The predicted molar refractivity (Wildman–Crippen MR) is 104 cm³/mol. The molecule has 0 aromatic heterocycles. The highest BCUT2D eigenvalue weighted by atomic mass is 14.7. The summed E-state index contributed by atoms with van der Waals surface area (Å²) in [6.45, 7) is 18.4. The van der Waals surface area contributed by atoms with Gasteiger partial charge in [-0.1, -0.05) is 54.9 Å². The molecule has 0 heteroatoms. The summed E-state index contributed by atoms with van der Waals surface area (Å²) in [7, 11) is 0. The van der Waals surface area contributed by atoms with Gasteiger partial charge in [0.05, 0.1) is 0 Å². The Bertz CT molecular complexity index is 494. The Morgan fingerprint density at radius 1 is 0.667 bits per heavy atom. The highest BCUT2D eigenvalue weighted by Gasteiger charge is 2.64. The third kappa shape index (κ3) is 2.04. The van der Waals surface area contributed by atoms with Crippen LogP contribution in [0.1, 0.15) is 87.0 Å². The molecule has 4 saturated carbocycles. The largest absolute Gasteiger partial charge is 0.0625 e. The molecule has 0 heterocycles. The maximum atomic E-state index is 2.73. The fourth-order valence-electron chi connectivity index (χ4n) is 8.95. The van der Waals surface area contributed by atoms with Crippen LogP contribution in [-0.2, 0) is 0 Å². The van der Waals surface area contributed by atoms with Gasteiger partial charge in [-0.15, -0.1) is 0 Å². The summed E-state index contributed by atoms with van der Waals surface area (Å²) in [6.07, 6.45) is 9.07. The molecule has 138 valence electrons. The molecule has 0 aliphatic heterocycles. The van der Waals surface area contributed by atoms with Crippen molar-refractivity contribution in [2.45, 2.75) is 87.0 Å². The van der Waals surface area contributed by atoms with Crippen LogP contribution in [0.15, 0.2) is 0 Å². The van der Waals surface area contributed by atoms with Crippen LogP contribution in [-0.4, -0.2) is 0 Å². The van der Waals surface area contributed by atoms with Gasteiger partial charge < -0.3 is 0 Å². The van der Waals surface area contributed by atoms with Crippen molar-refractivity contribution in [2.24, 2.45) is 64.1 Å². The Morgan fingerprint density at radius 3 is 2.08 bits per heavy atom. The molecule has 0 amide bonds. The van der Waals surface area contributed by atoms with Crippen LogP contribution in [0.4, 0.5) is 0 Å². The van der Waals surface area contributed by atoms with Gasteiger partial charge in [-0.3, -0.25) is 0 Å². The summed E-state index contributed by atoms with van der Waals surface area (Å²) < 4.78 is 0. The van der Waals surface area contributed by atoms with E-state index in [0.29, 0.717) is 10.8 Å². The minimum atomic E-state index is 0.625. The van der Waals surface area contributed by atoms with Crippen molar-refractivity contribution in [3.8, 4) is 0 Å². The van der Waals surface area contributed by atoms with E-state index in [1.807, 2.05) is 0 Å². The van der Waals surface area contributed by atoms with E-state index in [0.717, 1.165) is 53.3 Å². The number of hydrogen-bond acceptors (Lipinski definition) is 0. The van der Waals surface area contributed by atoms with E-state index in [-0.39, 0.29) is 0 Å². The van der Waals surface area contributed by atoms with Gasteiger partial charge in [-0.05, 0) is 96.2 Å². The number of fused-ring (bicyclic) bond motifs is 5. The van der Waals surface area contributed by atoms with Crippen LogP contribution in [0.25, 0.3) is 0 Å². The third-order valence-corrected chi connectivity index (χ3v) is 11.0. The zero-order valence-electron chi connectivity index (χ0n) is 17.4. The second-order valence-electron chi connectivity index (χ2n) is 11.5. The summed E-state index contributed by atoms with van der Waals surface area (Å²) in [4.78, 5) is 0. The maximum absolute atomic E-state index is 2.73. The lowest BCUT2D eigenvalue weighted by Gasteiger charge is -2.66. The van der Waals surface area contributed by atoms with Gasteiger partial charge in [-0.2, -0.15) is 0 Å². The Kier molecular flexibility index (Phi) is 3.99. The van der Waals surface area contributed by atoms with Gasteiger partial charge in [0, 0.05) is 0 Å². The van der Waals surface area contributed by atoms with E-state index >= 15 is 0 Å². The number of rotatable bonds is 0. The standard InChI is InChI=1S/C24H42/c1-14-10-11-23(6)20(12-14)17(4)18(5)22-19-9-8-15(2)24(19,7)16(3)13-21(22)23/h14-22H,8-13H2,1-7H3. The first-order valence-corrected chi connectivity index (χ1v) is 11.2. The smallest absolute Gasteiger partial charge is 0.0243 e. The molecule has 0 nitrogen and oxygen atoms in total. The van der Waals surface area contributed by atoms with Crippen LogP contribution < -0.4 is 0 Å². The van der Waals surface area contributed by atoms with Crippen LogP contribution in [0.5, 0.6) is 0 Å². The molecule has 11 unspecified atom stereocenters. The molecule has 4 rings (SSSR count). The highest BCUT2D eigenvalue weighted by molar-refractivity contribution is 5.12. The lowest BCUT2D eigenvalue weighted by atomic mass is 9.39. The normalized spacial score (nSPS) is 63.4. The van der Waals surface area contributed by atoms with E-state index in [2.05, 4.69) is 48.5 Å². The highest BCUT2D eigenvalue weighted by Crippen LogP contribution is 2.71. The summed E-state index contributed by atoms with van der Waals surface area (Å²) in [5.74, 6) is 8.75. The number of hydrogen-bond donors (Lipinski definition) is 0. The lowest BCUT2D eigenvalue weighted by Crippen LogP contribution is -2.60. The van der Waals surface area contributed by atoms with Crippen LogP contribution >= 0.6 is 0 Å². The molecule has 0 N–H and O–H groups in total. The Labute approximate surface area is 151 Å². The van der Waals surface area contributed by atoms with Crippen molar-refractivity contribution < 1.29 is 0 Å². The Balaban J connectivity index is 1.75. The van der Waals surface area contributed by atoms with Gasteiger partial charge in [-0.25, -0.2) is 0 Å². The second kappa shape index (κ2) is 5.50. The quantitative estimate of drug-likeness (QED) is 0.447. The average molecular weight is 331 g/mol. The molecule has 0 radical (unpaired) electrons. The summed E-state index contributed by atoms with van der Waals surface area (Å²) in [5, 5.41) is 0. The van der Waals surface area contributed by atoms with Gasteiger partial charge in [0.15, 0.2) is 0 Å². The summed E-state index contributed by atoms with van der Waals surface area (Å²) in [5.41, 5.74) is 1.27. The molecular formula is C24H42. The molecule has 0 bridgehead atoms. The molecule has 0 saturated heterocycles. The summed E-state index contributed by atoms with van der Waals surface area (Å²) >= 11 is 0. The molecule has 0 aromatic rings. The molecule has 4 aliphatic carbocycles. The van der Waals surface area contributed by atoms with Crippen molar-refractivity contribution >= 4 is 0 Å². The molecule has 11 atom stereocenters. The van der Waals surface area contributed by atoms with Crippen molar-refractivity contribution in [1.82, 2.24) is 0 Å². The van der Waals surface area contributed by atoms with Gasteiger partial charge in [0.1, 0.15) is 0 Å². The summed E-state index contributed by atoms with van der Waals surface area (Å²) in [6, 6.07) is 0. The topological polar surface area (TPSA) is 0 Å². The zero-order chi connectivity index (χ0) is 17.4. The first-order chi connectivity index (χ1) is 11.2. The zero-order valence-corrected chi connectivity index (χ0v) is 17.4. The molecule has 0 spiro atoms. The van der Waals surface area contributed by atoms with Gasteiger partial charge >= 0.3 is 0 Å². The predicted octanol–water partition coefficient (Wildman–Crippen LogP) is 7.04. The second-order valence-corrected chi connectivity index (χ2v) is 11.5. The van der Waals surface area contributed by atoms with Crippen LogP contribution in [0, 0.1) is 64.1 Å². The van der Waals surface area contributed by atoms with Crippen molar-refractivity contribution in [3.05, 3.63) is 0 Å². The molecule has 24 heavy (non-hydrogen) atoms. The van der Waals surface area contributed by atoms with Crippen LogP contribution in [0.3, 0.4) is 0 Å². The van der Waals surface area contributed by atoms with E-state index in [9.17, 15) is 0 Å². The minimum Gasteiger partial charge on any atom is -0.0625 e. The van der Waals surface area contributed by atoms with E-state index in [1.165, 1.54) is 38.5 Å². The monoisotopic (exact) mass is 330 g/mol. The van der Waals surface area contributed by atoms with E-state index in [4.69, 9.17) is 0 Å². The van der Waals surface area contributed by atoms with Crippen molar-refractivity contribution in [3.63, 3.8) is 0 Å². The molecule has 0 aromatic carbocycles. The van der Waals surface area contributed by atoms with E-state index < -0.39 is 0 Å². The molecular weight excluding hydrogens is 288 g/mol. The average Bonchev–Trinajstić information content (AvgIpc) is 2.85. The van der Waals surface area contributed by atoms with Gasteiger partial charge in [0.2, 0.25) is 0 Å². The Hall–Kier alpha value is 0. The SMILES string of the molecule is CC1CCC2(C)C(C1)C(C)C(C)C1C2CC(C)C2(C)C(C)CCC12. The fourth-order valence-corrected chi connectivity index (χ4v) is 8.95. The third-order valence-electron chi connectivity index (χ3n) is 11.0. The van der Waals surface area contributed by atoms with Gasteiger partial charge in [0.25, 0.3) is 0 Å². The van der Waals surface area contributed by atoms with Crippen LogP contribution in [0.2, 0.25) is 0 Å². The van der Waals surface area contributed by atoms with E-state index in [1.54, 1.807) is 0 Å².